The first-order valence-corrected chi connectivity index (χ1v) is 10.9. The van der Waals surface area contributed by atoms with E-state index in [9.17, 15) is 0 Å². The summed E-state index contributed by atoms with van der Waals surface area (Å²) >= 11 is 18.2. The number of aliphatic imine (C=N–C) groups is 2. The maximum atomic E-state index is 6.43. The van der Waals surface area contributed by atoms with Crippen LogP contribution in [-0.2, 0) is 4.94 Å². The van der Waals surface area contributed by atoms with Crippen LogP contribution in [0.25, 0.3) is 11.3 Å². The normalized spacial score (nSPS) is 24.9. The monoisotopic (exact) mass is 501 g/mol. The molecule has 3 aliphatic rings. The third kappa shape index (κ3) is 3.28. The molecule has 0 amide bonds. The Bertz CT molecular complexity index is 1370. The minimum atomic E-state index is -1.06. The lowest BCUT2D eigenvalue weighted by Crippen LogP contribution is -2.43. The van der Waals surface area contributed by atoms with Crippen LogP contribution in [0.5, 0.6) is 0 Å². The SMILES string of the molecule is NN1C(c2ccc(-c3ccc(Cl)cc3)o2)C12N=C1NON=C1N=C2Nc1ccc(Cl)c(Cl)c1. The molecule has 0 bridgehead atoms. The van der Waals surface area contributed by atoms with Gasteiger partial charge in [-0.15, -0.1) is 0 Å². The van der Waals surface area contributed by atoms with Gasteiger partial charge in [0.1, 0.15) is 17.6 Å². The van der Waals surface area contributed by atoms with E-state index in [1.165, 1.54) is 0 Å². The van der Waals surface area contributed by atoms with Gasteiger partial charge in [0, 0.05) is 16.3 Å². The minimum absolute atomic E-state index is 0.295. The van der Waals surface area contributed by atoms with Crippen LogP contribution in [0.4, 0.5) is 5.69 Å². The van der Waals surface area contributed by atoms with Gasteiger partial charge in [-0.25, -0.2) is 9.98 Å². The van der Waals surface area contributed by atoms with Crippen LogP contribution < -0.4 is 16.6 Å². The van der Waals surface area contributed by atoms with E-state index in [2.05, 4.69) is 20.9 Å². The van der Waals surface area contributed by atoms with E-state index in [0.29, 0.717) is 49.8 Å². The molecule has 1 aromatic heterocycles. The van der Waals surface area contributed by atoms with E-state index in [-0.39, 0.29) is 0 Å². The fourth-order valence-electron chi connectivity index (χ4n) is 3.86. The highest BCUT2D eigenvalue weighted by Crippen LogP contribution is 2.54. The fraction of sp³-hybridized carbons (Fsp3) is 0.0952. The molecule has 3 aliphatic heterocycles. The summed E-state index contributed by atoms with van der Waals surface area (Å²) in [6.45, 7) is 0. The first-order valence-electron chi connectivity index (χ1n) is 9.77. The summed E-state index contributed by atoms with van der Waals surface area (Å²) in [5.74, 6) is 8.84. The Kier molecular flexibility index (Phi) is 4.65. The number of hydrogen-bond donors (Lipinski definition) is 3. The molecule has 4 heterocycles. The second-order valence-corrected chi connectivity index (χ2v) is 8.78. The maximum Gasteiger partial charge on any atom is 0.241 e. The number of nitrogens with two attached hydrogens (primary N) is 1. The Morgan fingerprint density at radius 3 is 2.64 bits per heavy atom. The summed E-state index contributed by atoms with van der Waals surface area (Å²) in [7, 11) is 0. The number of fused-ring (bicyclic) bond motifs is 1. The molecule has 0 saturated carbocycles. The van der Waals surface area contributed by atoms with E-state index < -0.39 is 11.7 Å². The Morgan fingerprint density at radius 2 is 1.85 bits per heavy atom. The lowest BCUT2D eigenvalue weighted by atomic mass is 10.1. The van der Waals surface area contributed by atoms with E-state index in [1.54, 1.807) is 35.3 Å². The van der Waals surface area contributed by atoms with Crippen molar-refractivity contribution in [3.63, 3.8) is 0 Å². The van der Waals surface area contributed by atoms with E-state index in [4.69, 9.17) is 55.0 Å². The van der Waals surface area contributed by atoms with E-state index in [0.717, 1.165) is 5.56 Å². The zero-order valence-electron chi connectivity index (χ0n) is 16.6. The number of halogens is 3. The van der Waals surface area contributed by atoms with Gasteiger partial charge < -0.3 is 9.73 Å². The second kappa shape index (κ2) is 7.47. The molecule has 9 nitrogen and oxygen atoms in total. The Hall–Kier alpha value is -3.08. The van der Waals surface area contributed by atoms with Crippen LogP contribution >= 0.6 is 34.8 Å². The van der Waals surface area contributed by atoms with Crippen LogP contribution in [0.3, 0.4) is 0 Å². The number of oxime groups is 1. The molecule has 0 radical (unpaired) electrons. The molecule has 6 rings (SSSR count). The van der Waals surface area contributed by atoms with Crippen LogP contribution in [0.1, 0.15) is 11.8 Å². The molecule has 3 aromatic rings. The molecule has 12 heteroatoms. The van der Waals surface area contributed by atoms with Crippen molar-refractivity contribution in [1.29, 1.82) is 0 Å². The average molecular weight is 503 g/mol. The number of anilines is 1. The second-order valence-electron chi connectivity index (χ2n) is 7.53. The van der Waals surface area contributed by atoms with Gasteiger partial charge in [0.2, 0.25) is 17.3 Å². The molecule has 166 valence electrons. The predicted octanol–water partition coefficient (Wildman–Crippen LogP) is 4.60. The predicted molar refractivity (Wildman–Crippen MR) is 127 cm³/mol. The smallest absolute Gasteiger partial charge is 0.241 e. The van der Waals surface area contributed by atoms with Crippen molar-refractivity contribution in [3.05, 3.63) is 75.4 Å². The minimum Gasteiger partial charge on any atom is -0.459 e. The van der Waals surface area contributed by atoms with Crippen LogP contribution in [0, 0.1) is 0 Å². The van der Waals surface area contributed by atoms with Crippen molar-refractivity contribution in [1.82, 2.24) is 10.5 Å². The Balaban J connectivity index is 1.36. The maximum absolute atomic E-state index is 6.43. The molecule has 4 N–H and O–H groups in total. The molecule has 2 aromatic carbocycles. The Labute approximate surface area is 202 Å². The zero-order valence-corrected chi connectivity index (χ0v) is 18.9. The molecular formula is C21H14Cl3N7O2. The molecule has 3 unspecified atom stereocenters. The lowest BCUT2D eigenvalue weighted by molar-refractivity contribution is 0.106. The number of benzene rings is 2. The number of nitrogens with one attached hydrogen (secondary N) is 2. The van der Waals surface area contributed by atoms with Gasteiger partial charge in [0.05, 0.1) is 10.0 Å². The van der Waals surface area contributed by atoms with E-state index >= 15 is 0 Å². The average Bonchev–Trinajstić information content (AvgIpc) is 3.19. The van der Waals surface area contributed by atoms with Crippen LogP contribution in [0.15, 0.2) is 74.2 Å². The molecule has 1 spiro atoms. The Morgan fingerprint density at radius 1 is 1.03 bits per heavy atom. The number of hydrazine groups is 1. The van der Waals surface area contributed by atoms with E-state index in [1.807, 2.05) is 24.3 Å². The molecule has 0 aliphatic carbocycles. The van der Waals surface area contributed by atoms with Gasteiger partial charge in [0.15, 0.2) is 5.84 Å². The molecule has 3 atom stereocenters. The fourth-order valence-corrected chi connectivity index (χ4v) is 4.29. The number of hydroxylamine groups is 1. The van der Waals surface area contributed by atoms with Crippen molar-refractivity contribution < 1.29 is 9.36 Å². The summed E-state index contributed by atoms with van der Waals surface area (Å²) in [6, 6.07) is 15.8. The van der Waals surface area contributed by atoms with Crippen molar-refractivity contribution in [2.24, 2.45) is 21.0 Å². The molecule has 1 fully saturated rings. The van der Waals surface area contributed by atoms with Crippen LogP contribution in [-0.4, -0.2) is 28.2 Å². The summed E-state index contributed by atoms with van der Waals surface area (Å²) in [5, 5.41) is 10.1. The highest BCUT2D eigenvalue weighted by atomic mass is 35.5. The first-order chi connectivity index (χ1) is 16.0. The van der Waals surface area contributed by atoms with Gasteiger partial charge in [-0.2, -0.15) is 10.5 Å². The highest BCUT2D eigenvalue weighted by Gasteiger charge is 2.70. The van der Waals surface area contributed by atoms with Gasteiger partial charge in [-0.1, -0.05) is 34.8 Å². The zero-order chi connectivity index (χ0) is 22.7. The quantitative estimate of drug-likeness (QED) is 0.356. The number of rotatable bonds is 3. The van der Waals surface area contributed by atoms with Gasteiger partial charge in [-0.05, 0) is 59.8 Å². The molecule has 33 heavy (non-hydrogen) atoms. The van der Waals surface area contributed by atoms with Gasteiger partial charge >= 0.3 is 0 Å². The number of nitrogens with zero attached hydrogens (tertiary/aromatic N) is 4. The summed E-state index contributed by atoms with van der Waals surface area (Å²) < 4.78 is 6.14. The first kappa shape index (κ1) is 20.5. The third-order valence-electron chi connectivity index (χ3n) is 5.53. The summed E-state index contributed by atoms with van der Waals surface area (Å²) in [4.78, 5) is 14.3. The topological polar surface area (TPSA) is 113 Å². The van der Waals surface area contributed by atoms with Crippen molar-refractivity contribution in [2.75, 3.05) is 5.32 Å². The largest absolute Gasteiger partial charge is 0.459 e. The van der Waals surface area contributed by atoms with Crippen LogP contribution in [0.2, 0.25) is 15.1 Å². The van der Waals surface area contributed by atoms with Crippen molar-refractivity contribution >= 4 is 58.0 Å². The molecular weight excluding hydrogens is 489 g/mol. The summed E-state index contributed by atoms with van der Waals surface area (Å²) in [5.41, 5.74) is 3.12. The van der Waals surface area contributed by atoms with Gasteiger partial charge in [-0.3, -0.25) is 10.8 Å². The number of hydrogen-bond acceptors (Lipinski definition) is 9. The van der Waals surface area contributed by atoms with Crippen molar-refractivity contribution in [2.45, 2.75) is 11.7 Å². The lowest BCUT2D eigenvalue weighted by Gasteiger charge is -2.20. The third-order valence-corrected chi connectivity index (χ3v) is 6.52. The summed E-state index contributed by atoms with van der Waals surface area (Å²) in [6.07, 6.45) is 0. The standard InChI is InChI=1S/C21H14Cl3N7O2/c22-11-3-1-10(2-4-11)15-7-8-16(32-15)17-21(31(17)25)20(27-18-19(28-21)30-33-29-18)26-12-5-6-13(23)14(24)9-12/h1-9,17H,25H2,(H,28,30)(H,26,27,29). The number of amidine groups is 3. The molecule has 1 saturated heterocycles. The highest BCUT2D eigenvalue weighted by molar-refractivity contribution is 6.45. The van der Waals surface area contributed by atoms with Gasteiger partial charge in [0.25, 0.3) is 0 Å². The number of furan rings is 1. The van der Waals surface area contributed by atoms with Crippen molar-refractivity contribution in [3.8, 4) is 11.3 Å².